The molecular weight excluding hydrogens is 1160 g/mol. The summed E-state index contributed by atoms with van der Waals surface area (Å²) >= 11 is 4.72. The fraction of sp³-hybridized carbons (Fsp3) is 0.102. The lowest BCUT2D eigenvalue weighted by atomic mass is 10.1. The second-order valence-electron chi connectivity index (χ2n) is 18.1. The zero-order chi connectivity index (χ0) is 59.8. The lowest BCUT2D eigenvalue weighted by molar-refractivity contribution is 0.101. The fourth-order valence-corrected chi connectivity index (χ4v) is 11.0. The van der Waals surface area contributed by atoms with Crippen molar-refractivity contribution in [3.63, 3.8) is 0 Å². The molecule has 8 N–H and O–H groups in total. The van der Waals surface area contributed by atoms with Crippen LogP contribution in [0.25, 0.3) is 33.1 Å². The average molecular weight is 1210 g/mol. The Bertz CT molecular complexity index is 4420. The number of aromatic hydroxyl groups is 1. The number of H-pyrrole nitrogens is 4. The highest BCUT2D eigenvalue weighted by Gasteiger charge is 2.16. The molecule has 7 aromatic heterocycles. The summed E-state index contributed by atoms with van der Waals surface area (Å²) in [6.07, 6.45) is 9.65. The van der Waals surface area contributed by atoms with E-state index >= 15 is 0 Å². The Hall–Kier alpha value is -10.6. The number of carbonyl (C=O) groups excluding carboxylic acids is 3. The molecule has 27 heteroatoms. The van der Waals surface area contributed by atoms with Crippen molar-refractivity contribution >= 4 is 103 Å². The van der Waals surface area contributed by atoms with Crippen LogP contribution in [0.2, 0.25) is 0 Å². The Morgan fingerprint density at radius 1 is 0.488 bits per heavy atom. The lowest BCUT2D eigenvalue weighted by Crippen LogP contribution is -2.17. The Kier molecular flexibility index (Phi) is 19.1. The molecule has 0 bridgehead atoms. The predicted molar refractivity (Wildman–Crippen MR) is 328 cm³/mol. The maximum atomic E-state index is 12.7. The summed E-state index contributed by atoms with van der Waals surface area (Å²) in [4.78, 5) is 76.7. The first-order valence-corrected chi connectivity index (χ1v) is 28.8. The van der Waals surface area contributed by atoms with Crippen LogP contribution in [0.5, 0.6) is 23.0 Å². The number of nitrogens with zero attached hydrogens (tertiary/aromatic N) is 9. The monoisotopic (exact) mass is 1210 g/mol. The van der Waals surface area contributed by atoms with Crippen molar-refractivity contribution in [3.8, 4) is 23.0 Å². The zero-order valence-electron chi connectivity index (χ0n) is 45.8. The molecule has 0 atom stereocenters. The van der Waals surface area contributed by atoms with Crippen LogP contribution >= 0.6 is 35.3 Å². The molecule has 12 aromatic rings. The van der Waals surface area contributed by atoms with E-state index in [9.17, 15) is 24.3 Å². The van der Waals surface area contributed by atoms with Crippen molar-refractivity contribution in [1.82, 2.24) is 65.5 Å². The standard InChI is InChI=1S/C21H19N5O3S.C20H17N5O3S.C18H14N6O2S/c1-28-15-6-7-16(18(9-15)29-2)20(27)25-14-5-3-4-13(8-14)11-30-21-17-10-24-26-19(17)22-12-23-21;1-28-17-8-13(5-6-16(17)26)19(27)24-14-4-2-3-12(7-14)10-29-20-15-9-23-25-18(15)21-11-22-20;25-15-6-2-5-14(23-15)17(26)22-12-4-1-3-11(7-12)9-27-18-13-8-21-24-16(13)19-10-20-18/h3-10,12H,11H2,1-2H3,(H,25,27)(H,22,23,24,26);2-9,11,26H,10H2,1H3,(H,24,27)(H,21,22,23,25);1-8,10H,9H2,(H,22,26)(H,23,25)(H,19,20,21,24). The molecule has 7 heterocycles. The fourth-order valence-electron chi connectivity index (χ4n) is 8.23. The van der Waals surface area contributed by atoms with Gasteiger partial charge in [0, 0.05) is 52.0 Å². The van der Waals surface area contributed by atoms with E-state index < -0.39 is 0 Å². The number of anilines is 3. The number of aromatic nitrogens is 13. The van der Waals surface area contributed by atoms with Gasteiger partial charge in [-0.25, -0.2) is 29.9 Å². The van der Waals surface area contributed by atoms with Crippen LogP contribution in [-0.2, 0) is 17.3 Å². The third-order valence-electron chi connectivity index (χ3n) is 12.4. The number of rotatable bonds is 18. The van der Waals surface area contributed by atoms with Gasteiger partial charge in [0.2, 0.25) is 5.56 Å². The van der Waals surface area contributed by atoms with Gasteiger partial charge in [-0.05, 0) is 89.5 Å². The van der Waals surface area contributed by atoms with Gasteiger partial charge >= 0.3 is 0 Å². The molecular formula is C59H50N16O8S3. The van der Waals surface area contributed by atoms with Gasteiger partial charge in [-0.3, -0.25) is 34.5 Å². The number of hydrogen-bond donors (Lipinski definition) is 8. The van der Waals surface area contributed by atoms with Gasteiger partial charge in [0.05, 0.1) is 61.6 Å². The van der Waals surface area contributed by atoms with E-state index in [0.29, 0.717) is 73.9 Å². The van der Waals surface area contributed by atoms with Crippen LogP contribution in [-0.4, -0.2) is 110 Å². The summed E-state index contributed by atoms with van der Waals surface area (Å²) in [7, 11) is 4.53. The Morgan fingerprint density at radius 2 is 0.953 bits per heavy atom. The highest BCUT2D eigenvalue weighted by atomic mass is 32.2. The van der Waals surface area contributed by atoms with Gasteiger partial charge in [0.25, 0.3) is 17.7 Å². The topological polar surface area (TPSA) is 331 Å². The van der Waals surface area contributed by atoms with Crippen LogP contribution in [0.4, 0.5) is 17.1 Å². The highest BCUT2D eigenvalue weighted by molar-refractivity contribution is 7.99. The number of benzene rings is 5. The van der Waals surface area contributed by atoms with Crippen molar-refractivity contribution in [2.24, 2.45) is 0 Å². The first kappa shape index (κ1) is 58.6. The maximum Gasteiger partial charge on any atom is 0.272 e. The third-order valence-corrected chi connectivity index (χ3v) is 15.7. The molecule has 432 valence electrons. The number of aromatic amines is 4. The molecule has 12 rings (SSSR count). The number of phenols is 1. The molecule has 0 unspecified atom stereocenters. The largest absolute Gasteiger partial charge is 0.504 e. The molecule has 24 nitrogen and oxygen atoms in total. The minimum atomic E-state index is -0.367. The molecule has 3 amide bonds. The highest BCUT2D eigenvalue weighted by Crippen LogP contribution is 2.32. The van der Waals surface area contributed by atoms with Gasteiger partial charge in [-0.15, -0.1) is 35.3 Å². The number of pyridine rings is 1. The number of carbonyl (C=O) groups is 3. The number of methoxy groups -OCH3 is 3. The molecule has 0 saturated carbocycles. The van der Waals surface area contributed by atoms with E-state index in [1.165, 1.54) is 57.5 Å². The summed E-state index contributed by atoms with van der Waals surface area (Å²) in [5.41, 5.74) is 7.97. The van der Waals surface area contributed by atoms with E-state index in [-0.39, 0.29) is 40.5 Å². The maximum absolute atomic E-state index is 12.7. The van der Waals surface area contributed by atoms with Gasteiger partial charge in [0.1, 0.15) is 51.3 Å². The second-order valence-corrected chi connectivity index (χ2v) is 21.0. The van der Waals surface area contributed by atoms with Gasteiger partial charge in [-0.2, -0.15) is 15.3 Å². The smallest absolute Gasteiger partial charge is 0.272 e. The SMILES string of the molecule is COc1cc(C(=O)Nc2cccc(CSc3ncnc4[nH]ncc34)c2)ccc1O.COc1ccc(C(=O)Nc2cccc(CSc3ncnc4[nH]ncc34)c2)c(OC)c1.O=C(Nc1cccc(CSc2ncnc3[nH]ncc23)c1)c1cccc(=O)[nH]1. The molecule has 0 spiro atoms. The number of ether oxygens (including phenoxy) is 3. The van der Waals surface area contributed by atoms with Gasteiger partial charge in [-0.1, -0.05) is 42.5 Å². The summed E-state index contributed by atoms with van der Waals surface area (Å²) in [5.74, 6) is 2.43. The normalized spacial score (nSPS) is 10.8. The zero-order valence-corrected chi connectivity index (χ0v) is 48.2. The summed E-state index contributed by atoms with van der Waals surface area (Å²) < 4.78 is 15.6. The minimum absolute atomic E-state index is 0.0143. The average Bonchev–Trinajstić information content (AvgIpc) is 4.51. The molecule has 0 saturated heterocycles. The number of phenolic OH excluding ortho intramolecular Hbond substituents is 1. The number of amides is 3. The van der Waals surface area contributed by atoms with Crippen LogP contribution < -0.4 is 35.7 Å². The number of thioether (sulfide) groups is 3. The first-order chi connectivity index (χ1) is 42.0. The summed E-state index contributed by atoms with van der Waals surface area (Å²) in [5, 5.41) is 43.9. The first-order valence-electron chi connectivity index (χ1n) is 25.8. The third kappa shape index (κ3) is 14.9. The van der Waals surface area contributed by atoms with Crippen LogP contribution in [0, 0.1) is 0 Å². The van der Waals surface area contributed by atoms with Gasteiger partial charge in [0.15, 0.2) is 28.4 Å². The Balaban J connectivity index is 0.000000143. The van der Waals surface area contributed by atoms with Crippen molar-refractivity contribution in [3.05, 3.63) is 209 Å². The quantitative estimate of drug-likeness (QED) is 0.0292. The second kappa shape index (κ2) is 28.1. The predicted octanol–water partition coefficient (Wildman–Crippen LogP) is 10.1. The molecule has 86 heavy (non-hydrogen) atoms. The Morgan fingerprint density at radius 3 is 1.42 bits per heavy atom. The van der Waals surface area contributed by atoms with Crippen molar-refractivity contribution in [1.29, 1.82) is 0 Å². The summed E-state index contributed by atoms with van der Waals surface area (Å²) in [6.45, 7) is 0. The Labute approximate surface area is 501 Å². The van der Waals surface area contributed by atoms with E-state index in [2.05, 4.69) is 81.4 Å². The van der Waals surface area contributed by atoms with Crippen molar-refractivity contribution in [2.75, 3.05) is 37.3 Å². The van der Waals surface area contributed by atoms with E-state index in [1.54, 1.807) is 97.4 Å². The lowest BCUT2D eigenvalue weighted by Gasteiger charge is -2.11. The van der Waals surface area contributed by atoms with E-state index in [4.69, 9.17) is 14.2 Å². The number of fused-ring (bicyclic) bond motifs is 3. The van der Waals surface area contributed by atoms with Crippen LogP contribution in [0.1, 0.15) is 47.9 Å². The van der Waals surface area contributed by atoms with Gasteiger partial charge < -0.3 is 40.3 Å². The number of nitrogens with one attached hydrogen (secondary N) is 7. The number of hydrogen-bond acceptors (Lipinski definition) is 20. The van der Waals surface area contributed by atoms with E-state index in [0.717, 1.165) is 47.9 Å². The van der Waals surface area contributed by atoms with Crippen LogP contribution in [0.3, 0.4) is 0 Å². The molecule has 5 aromatic carbocycles. The molecule has 0 aliphatic rings. The minimum Gasteiger partial charge on any atom is -0.504 e. The summed E-state index contributed by atoms with van der Waals surface area (Å²) in [6, 6.07) is 36.8. The van der Waals surface area contributed by atoms with Crippen molar-refractivity contribution in [2.45, 2.75) is 32.3 Å². The van der Waals surface area contributed by atoms with Crippen LogP contribution in [0.15, 0.2) is 185 Å². The van der Waals surface area contributed by atoms with Crippen molar-refractivity contribution < 1.29 is 33.7 Å². The molecule has 0 fully saturated rings. The molecule has 0 aliphatic heterocycles. The van der Waals surface area contributed by atoms with E-state index in [1.807, 2.05) is 66.7 Å². The molecule has 0 radical (unpaired) electrons. The molecule has 0 aliphatic carbocycles.